The maximum Gasteiger partial charge on any atom is 0.00170 e. The van der Waals surface area contributed by atoms with Crippen molar-refractivity contribution < 1.29 is 0 Å². The molecule has 1 saturated heterocycles. The van der Waals surface area contributed by atoms with Crippen molar-refractivity contribution in [2.24, 2.45) is 5.92 Å². The smallest absolute Gasteiger partial charge is 0.00170 e. The molecule has 0 radical (unpaired) electrons. The molecule has 10 heavy (non-hydrogen) atoms. The highest BCUT2D eigenvalue weighted by Gasteiger charge is 2.19. The van der Waals surface area contributed by atoms with Crippen LogP contribution >= 0.6 is 0 Å². The molecule has 56 valence electrons. The number of allylic oxidation sites excluding steroid dienone is 1. The molecule has 0 bridgehead atoms. The first-order valence-electron chi connectivity index (χ1n) is 4.36. The summed E-state index contributed by atoms with van der Waals surface area (Å²) in [6.07, 6.45) is 7.96. The first-order valence-corrected chi connectivity index (χ1v) is 4.36. The second-order valence-corrected chi connectivity index (χ2v) is 3.36. The molecule has 1 unspecified atom stereocenters. The maximum atomic E-state index is 3.44. The van der Waals surface area contributed by atoms with Crippen molar-refractivity contribution in [1.29, 1.82) is 0 Å². The summed E-state index contributed by atoms with van der Waals surface area (Å²) in [6.45, 7) is 2.45. The van der Waals surface area contributed by atoms with Gasteiger partial charge in [0.15, 0.2) is 0 Å². The second kappa shape index (κ2) is 2.75. The van der Waals surface area contributed by atoms with E-state index < -0.39 is 0 Å². The van der Waals surface area contributed by atoms with E-state index in [2.05, 4.69) is 11.4 Å². The van der Waals surface area contributed by atoms with Gasteiger partial charge in [-0.05, 0) is 38.1 Å². The summed E-state index contributed by atoms with van der Waals surface area (Å²) < 4.78 is 0. The summed E-state index contributed by atoms with van der Waals surface area (Å²) >= 11 is 0. The number of rotatable bonds is 0. The van der Waals surface area contributed by atoms with Crippen molar-refractivity contribution in [1.82, 2.24) is 5.32 Å². The van der Waals surface area contributed by atoms with Crippen LogP contribution in [-0.4, -0.2) is 13.1 Å². The minimum Gasteiger partial charge on any atom is -0.316 e. The van der Waals surface area contributed by atoms with Gasteiger partial charge in [-0.15, -0.1) is 0 Å². The highest BCUT2D eigenvalue weighted by atomic mass is 14.9. The molecule has 0 aromatic heterocycles. The Bertz CT molecular complexity index is 149. The van der Waals surface area contributed by atoms with E-state index in [0.717, 1.165) is 5.92 Å². The predicted molar refractivity (Wildman–Crippen MR) is 42.9 cm³/mol. The SMILES string of the molecule is C1=C2CCNCC2CCC1. The summed E-state index contributed by atoms with van der Waals surface area (Å²) in [5.74, 6) is 0.905. The molecule has 0 saturated carbocycles. The number of nitrogens with one attached hydrogen (secondary N) is 1. The minimum atomic E-state index is 0.905. The Kier molecular flexibility index (Phi) is 1.76. The van der Waals surface area contributed by atoms with Crippen molar-refractivity contribution in [2.75, 3.05) is 13.1 Å². The van der Waals surface area contributed by atoms with E-state index in [1.165, 1.54) is 38.8 Å². The lowest BCUT2D eigenvalue weighted by Crippen LogP contribution is -2.32. The second-order valence-electron chi connectivity index (χ2n) is 3.36. The Morgan fingerprint density at radius 3 is 3.40 bits per heavy atom. The third-order valence-electron chi connectivity index (χ3n) is 2.67. The van der Waals surface area contributed by atoms with E-state index >= 15 is 0 Å². The summed E-state index contributed by atoms with van der Waals surface area (Å²) in [6, 6.07) is 0. The first kappa shape index (κ1) is 6.41. The van der Waals surface area contributed by atoms with Crippen LogP contribution in [0.4, 0.5) is 0 Å². The van der Waals surface area contributed by atoms with Crippen LogP contribution in [0.5, 0.6) is 0 Å². The Labute approximate surface area is 62.5 Å². The van der Waals surface area contributed by atoms with Crippen LogP contribution in [0.1, 0.15) is 25.7 Å². The molecule has 0 amide bonds. The van der Waals surface area contributed by atoms with E-state index in [1.807, 2.05) is 0 Å². The van der Waals surface area contributed by atoms with E-state index in [0.29, 0.717) is 0 Å². The molecular formula is C9H15N. The van der Waals surface area contributed by atoms with Gasteiger partial charge >= 0.3 is 0 Å². The molecule has 1 atom stereocenters. The van der Waals surface area contributed by atoms with Crippen LogP contribution < -0.4 is 5.32 Å². The van der Waals surface area contributed by atoms with Gasteiger partial charge in [-0.25, -0.2) is 0 Å². The zero-order valence-corrected chi connectivity index (χ0v) is 6.40. The number of hydrogen-bond donors (Lipinski definition) is 1. The minimum absolute atomic E-state index is 0.905. The van der Waals surface area contributed by atoms with Crippen molar-refractivity contribution >= 4 is 0 Å². The molecule has 0 aromatic carbocycles. The number of hydrogen-bond acceptors (Lipinski definition) is 1. The van der Waals surface area contributed by atoms with Crippen LogP contribution in [0.3, 0.4) is 0 Å². The molecule has 1 fully saturated rings. The standard InChI is InChI=1S/C9H15N/c1-2-4-9-7-10-6-5-8(9)3-1/h3,9-10H,1-2,4-7H2. The first-order chi connectivity index (χ1) is 4.97. The molecule has 1 nitrogen and oxygen atoms in total. The van der Waals surface area contributed by atoms with Crippen molar-refractivity contribution in [3.8, 4) is 0 Å². The molecule has 1 aliphatic heterocycles. The fourth-order valence-corrected chi connectivity index (χ4v) is 2.05. The normalized spacial score (nSPS) is 32.8. The lowest BCUT2D eigenvalue weighted by molar-refractivity contribution is 0.419. The third-order valence-corrected chi connectivity index (χ3v) is 2.67. The molecule has 2 rings (SSSR count). The Morgan fingerprint density at radius 2 is 2.50 bits per heavy atom. The zero-order valence-electron chi connectivity index (χ0n) is 6.40. The molecule has 1 aliphatic carbocycles. The van der Waals surface area contributed by atoms with Crippen molar-refractivity contribution in [3.05, 3.63) is 11.6 Å². The summed E-state index contributed by atoms with van der Waals surface area (Å²) in [4.78, 5) is 0. The monoisotopic (exact) mass is 137 g/mol. The molecule has 1 N–H and O–H groups in total. The van der Waals surface area contributed by atoms with Gasteiger partial charge in [0, 0.05) is 6.54 Å². The predicted octanol–water partition coefficient (Wildman–Crippen LogP) is 1.71. The maximum absolute atomic E-state index is 3.44. The van der Waals surface area contributed by atoms with Gasteiger partial charge in [0.25, 0.3) is 0 Å². The molecule has 0 aromatic rings. The summed E-state index contributed by atoms with van der Waals surface area (Å²) in [5.41, 5.74) is 1.74. The van der Waals surface area contributed by atoms with Crippen molar-refractivity contribution in [3.63, 3.8) is 0 Å². The van der Waals surface area contributed by atoms with Crippen LogP contribution in [0.2, 0.25) is 0 Å². The van der Waals surface area contributed by atoms with Gasteiger partial charge in [-0.2, -0.15) is 0 Å². The fraction of sp³-hybridized carbons (Fsp3) is 0.778. The van der Waals surface area contributed by atoms with E-state index in [1.54, 1.807) is 5.57 Å². The molecule has 1 heterocycles. The average molecular weight is 137 g/mol. The van der Waals surface area contributed by atoms with E-state index in [4.69, 9.17) is 0 Å². The Balaban J connectivity index is 2.08. The highest BCUT2D eigenvalue weighted by molar-refractivity contribution is 5.12. The molecule has 2 aliphatic rings. The lowest BCUT2D eigenvalue weighted by Gasteiger charge is -2.29. The molecular weight excluding hydrogens is 122 g/mol. The Hall–Kier alpha value is -0.300. The summed E-state index contributed by atoms with van der Waals surface area (Å²) in [7, 11) is 0. The van der Waals surface area contributed by atoms with E-state index in [-0.39, 0.29) is 0 Å². The van der Waals surface area contributed by atoms with Gasteiger partial charge in [0.2, 0.25) is 0 Å². The molecule has 1 heteroatoms. The third kappa shape index (κ3) is 1.10. The van der Waals surface area contributed by atoms with Gasteiger partial charge in [0.05, 0.1) is 0 Å². The topological polar surface area (TPSA) is 12.0 Å². The number of fused-ring (bicyclic) bond motifs is 1. The number of piperidine rings is 1. The van der Waals surface area contributed by atoms with Crippen LogP contribution in [0.15, 0.2) is 11.6 Å². The van der Waals surface area contributed by atoms with Crippen LogP contribution in [0.25, 0.3) is 0 Å². The Morgan fingerprint density at radius 1 is 1.50 bits per heavy atom. The largest absolute Gasteiger partial charge is 0.316 e. The fourth-order valence-electron chi connectivity index (χ4n) is 2.05. The van der Waals surface area contributed by atoms with Gasteiger partial charge in [0.1, 0.15) is 0 Å². The lowest BCUT2D eigenvalue weighted by atomic mass is 9.84. The highest BCUT2D eigenvalue weighted by Crippen LogP contribution is 2.28. The van der Waals surface area contributed by atoms with Gasteiger partial charge in [-0.1, -0.05) is 11.6 Å². The average Bonchev–Trinajstić information content (AvgIpc) is 2.05. The van der Waals surface area contributed by atoms with Crippen LogP contribution in [0, 0.1) is 5.92 Å². The van der Waals surface area contributed by atoms with E-state index in [9.17, 15) is 0 Å². The zero-order chi connectivity index (χ0) is 6.81. The van der Waals surface area contributed by atoms with Crippen LogP contribution in [-0.2, 0) is 0 Å². The quantitative estimate of drug-likeness (QED) is 0.501. The summed E-state index contributed by atoms with van der Waals surface area (Å²) in [5, 5.41) is 3.44. The van der Waals surface area contributed by atoms with Gasteiger partial charge in [-0.3, -0.25) is 0 Å². The van der Waals surface area contributed by atoms with Crippen molar-refractivity contribution in [2.45, 2.75) is 25.7 Å². The van der Waals surface area contributed by atoms with Gasteiger partial charge < -0.3 is 5.32 Å². The molecule has 0 spiro atoms.